The fraction of sp³-hybridized carbons (Fsp3) is 0.800. The van der Waals surface area contributed by atoms with Gasteiger partial charge in [0.1, 0.15) is 24.3 Å². The van der Waals surface area contributed by atoms with Gasteiger partial charge in [-0.15, -0.1) is 11.8 Å². The predicted octanol–water partition coefficient (Wildman–Crippen LogP) is 1.69. The first kappa shape index (κ1) is 19.8. The van der Waals surface area contributed by atoms with Gasteiger partial charge in [-0.2, -0.15) is 0 Å². The zero-order valence-corrected chi connectivity index (χ0v) is 14.6. The van der Waals surface area contributed by atoms with Crippen molar-refractivity contribution in [2.75, 3.05) is 12.4 Å². The molecule has 0 aromatic heterocycles. The molecule has 1 N–H and O–H groups in total. The van der Waals surface area contributed by atoms with E-state index in [-0.39, 0.29) is 30.3 Å². The third-order valence-electron chi connectivity index (χ3n) is 3.80. The molecule has 1 rings (SSSR count). The van der Waals surface area contributed by atoms with Gasteiger partial charge in [-0.25, -0.2) is 0 Å². The van der Waals surface area contributed by atoms with E-state index in [2.05, 4.69) is 0 Å². The summed E-state index contributed by atoms with van der Waals surface area (Å²) in [5.74, 6) is -1.22. The predicted molar refractivity (Wildman–Crippen MR) is 83.9 cm³/mol. The molecular weight excluding hydrogens is 324 g/mol. The van der Waals surface area contributed by atoms with Gasteiger partial charge < -0.3 is 19.3 Å². The topological polar surface area (TPSA) is 99.1 Å². The fourth-order valence-corrected chi connectivity index (χ4v) is 3.72. The van der Waals surface area contributed by atoms with Crippen molar-refractivity contribution >= 4 is 29.7 Å². The zero-order valence-electron chi connectivity index (χ0n) is 13.8. The standard InChI is InChI=1S/C15H24O7S/c1-8-9(2)15(23-6-5-13(18)19)22-12(7-20-10(3)16)14(8)21-11(4)17/h8-9,12,14-15H,5-7H2,1-4H3,(H,18,19)/t8-,9-,12-,14-,15+/m1/s1. The van der Waals surface area contributed by atoms with E-state index in [1.165, 1.54) is 25.6 Å². The quantitative estimate of drug-likeness (QED) is 0.694. The highest BCUT2D eigenvalue weighted by Gasteiger charge is 2.44. The second-order valence-electron chi connectivity index (χ2n) is 5.65. The zero-order chi connectivity index (χ0) is 17.6. The molecule has 0 bridgehead atoms. The molecule has 0 radical (unpaired) electrons. The molecule has 0 aliphatic carbocycles. The maximum atomic E-state index is 11.3. The molecule has 8 heteroatoms. The summed E-state index contributed by atoms with van der Waals surface area (Å²) in [7, 11) is 0. The monoisotopic (exact) mass is 348 g/mol. The van der Waals surface area contributed by atoms with Gasteiger partial charge in [0, 0.05) is 25.5 Å². The van der Waals surface area contributed by atoms with Crippen LogP contribution in [0.3, 0.4) is 0 Å². The Labute approximate surface area is 140 Å². The lowest BCUT2D eigenvalue weighted by Gasteiger charge is -2.43. The molecule has 1 aliphatic heterocycles. The van der Waals surface area contributed by atoms with Crippen LogP contribution in [0.1, 0.15) is 34.1 Å². The Bertz CT molecular complexity index is 440. The van der Waals surface area contributed by atoms with Crippen LogP contribution in [0.5, 0.6) is 0 Å². The maximum Gasteiger partial charge on any atom is 0.304 e. The Kier molecular flexibility index (Phi) is 7.84. The van der Waals surface area contributed by atoms with Crippen LogP contribution in [0.25, 0.3) is 0 Å². The van der Waals surface area contributed by atoms with Crippen molar-refractivity contribution in [3.8, 4) is 0 Å². The first-order chi connectivity index (χ1) is 10.7. The Morgan fingerprint density at radius 3 is 2.30 bits per heavy atom. The molecule has 1 aliphatic rings. The van der Waals surface area contributed by atoms with Gasteiger partial charge in [-0.3, -0.25) is 14.4 Å². The molecule has 0 aromatic rings. The van der Waals surface area contributed by atoms with Gasteiger partial charge in [0.15, 0.2) is 0 Å². The van der Waals surface area contributed by atoms with Crippen LogP contribution in [0, 0.1) is 11.8 Å². The number of carbonyl (C=O) groups is 3. The molecule has 1 heterocycles. The van der Waals surface area contributed by atoms with Crippen molar-refractivity contribution in [1.29, 1.82) is 0 Å². The van der Waals surface area contributed by atoms with E-state index in [1.54, 1.807) is 0 Å². The van der Waals surface area contributed by atoms with Gasteiger partial charge in [0.2, 0.25) is 0 Å². The smallest absolute Gasteiger partial charge is 0.304 e. The van der Waals surface area contributed by atoms with Crippen LogP contribution < -0.4 is 0 Å². The highest BCUT2D eigenvalue weighted by Crippen LogP contribution is 2.38. The average Bonchev–Trinajstić information content (AvgIpc) is 2.44. The highest BCUT2D eigenvalue weighted by atomic mass is 32.2. The normalized spacial score (nSPS) is 30.5. The van der Waals surface area contributed by atoms with Gasteiger partial charge in [-0.1, -0.05) is 13.8 Å². The maximum absolute atomic E-state index is 11.3. The number of aliphatic carboxylic acids is 1. The molecule has 0 aromatic carbocycles. The summed E-state index contributed by atoms with van der Waals surface area (Å²) in [6, 6.07) is 0. The van der Waals surface area contributed by atoms with Gasteiger partial charge in [0.05, 0.1) is 6.42 Å². The summed E-state index contributed by atoms with van der Waals surface area (Å²) in [5, 5.41) is 8.73. The molecule has 0 unspecified atom stereocenters. The van der Waals surface area contributed by atoms with Crippen LogP contribution in [-0.4, -0.2) is 53.0 Å². The van der Waals surface area contributed by atoms with E-state index >= 15 is 0 Å². The third-order valence-corrected chi connectivity index (χ3v) is 5.11. The fourth-order valence-electron chi connectivity index (χ4n) is 2.42. The molecule has 0 saturated carbocycles. The number of rotatable bonds is 7. The van der Waals surface area contributed by atoms with Crippen molar-refractivity contribution in [3.63, 3.8) is 0 Å². The van der Waals surface area contributed by atoms with Gasteiger partial charge in [0.25, 0.3) is 0 Å². The Morgan fingerprint density at radius 1 is 1.13 bits per heavy atom. The molecule has 1 fully saturated rings. The van der Waals surface area contributed by atoms with Crippen LogP contribution in [0.15, 0.2) is 0 Å². The lowest BCUT2D eigenvalue weighted by Crippen LogP contribution is -2.52. The van der Waals surface area contributed by atoms with Crippen molar-refractivity contribution in [1.82, 2.24) is 0 Å². The van der Waals surface area contributed by atoms with E-state index in [9.17, 15) is 14.4 Å². The van der Waals surface area contributed by atoms with E-state index in [0.717, 1.165) is 0 Å². The molecule has 0 amide bonds. The number of carbonyl (C=O) groups excluding carboxylic acids is 2. The Hall–Kier alpha value is -1.28. The van der Waals surface area contributed by atoms with Gasteiger partial charge in [-0.05, 0) is 5.92 Å². The summed E-state index contributed by atoms with van der Waals surface area (Å²) in [6.45, 7) is 6.55. The lowest BCUT2D eigenvalue weighted by molar-refractivity contribution is -0.191. The molecule has 7 nitrogen and oxygen atoms in total. The summed E-state index contributed by atoms with van der Waals surface area (Å²) < 4.78 is 16.3. The van der Waals surface area contributed by atoms with Crippen molar-refractivity contribution in [2.45, 2.75) is 51.8 Å². The van der Waals surface area contributed by atoms with E-state index < -0.39 is 30.1 Å². The molecule has 132 valence electrons. The van der Waals surface area contributed by atoms with Crippen LogP contribution >= 0.6 is 11.8 Å². The molecule has 1 saturated heterocycles. The van der Waals surface area contributed by atoms with Crippen molar-refractivity contribution in [3.05, 3.63) is 0 Å². The minimum atomic E-state index is -0.858. The highest BCUT2D eigenvalue weighted by molar-refractivity contribution is 7.99. The lowest BCUT2D eigenvalue weighted by atomic mass is 9.85. The first-order valence-corrected chi connectivity index (χ1v) is 8.56. The number of carboxylic acid groups (broad SMARTS) is 1. The van der Waals surface area contributed by atoms with Crippen LogP contribution in [0.4, 0.5) is 0 Å². The van der Waals surface area contributed by atoms with Gasteiger partial charge >= 0.3 is 17.9 Å². The number of thioether (sulfide) groups is 1. The number of hydrogen-bond acceptors (Lipinski definition) is 7. The Morgan fingerprint density at radius 2 is 1.78 bits per heavy atom. The number of ether oxygens (including phenoxy) is 3. The largest absolute Gasteiger partial charge is 0.481 e. The first-order valence-electron chi connectivity index (χ1n) is 7.51. The average molecular weight is 348 g/mol. The number of carboxylic acids is 1. The number of hydrogen-bond donors (Lipinski definition) is 1. The SMILES string of the molecule is CC(=O)OC[C@H]1O[C@@H](SCCC(=O)O)[C@H](C)[C@@H](C)[C@H]1OC(C)=O. The van der Waals surface area contributed by atoms with Crippen LogP contribution in [-0.2, 0) is 28.6 Å². The summed E-state index contributed by atoms with van der Waals surface area (Å²) in [6.07, 6.45) is -1.01. The molecule has 5 atom stereocenters. The second-order valence-corrected chi connectivity index (χ2v) is 6.86. The third kappa shape index (κ3) is 6.39. The van der Waals surface area contributed by atoms with Crippen LogP contribution in [0.2, 0.25) is 0 Å². The minimum Gasteiger partial charge on any atom is -0.481 e. The Balaban J connectivity index is 2.76. The number of esters is 2. The minimum absolute atomic E-state index is 0.000328. The van der Waals surface area contributed by atoms with Crippen molar-refractivity contribution < 1.29 is 33.7 Å². The van der Waals surface area contributed by atoms with E-state index in [0.29, 0.717) is 5.75 Å². The molecule has 23 heavy (non-hydrogen) atoms. The van der Waals surface area contributed by atoms with Crippen molar-refractivity contribution in [2.24, 2.45) is 11.8 Å². The van der Waals surface area contributed by atoms with E-state index in [4.69, 9.17) is 19.3 Å². The van der Waals surface area contributed by atoms with E-state index in [1.807, 2.05) is 13.8 Å². The molecular formula is C15H24O7S. The summed E-state index contributed by atoms with van der Waals surface area (Å²) >= 11 is 1.41. The summed E-state index contributed by atoms with van der Waals surface area (Å²) in [4.78, 5) is 33.0. The molecule has 0 spiro atoms. The summed E-state index contributed by atoms with van der Waals surface area (Å²) in [5.41, 5.74) is -0.239. The second kappa shape index (κ2) is 9.12.